The first-order chi connectivity index (χ1) is 12.8. The molecule has 0 aliphatic carbocycles. The lowest BCUT2D eigenvalue weighted by Gasteiger charge is -2.32. The Kier molecular flexibility index (Phi) is 7.38. The highest BCUT2D eigenvalue weighted by atomic mass is 32.2. The molecule has 0 bridgehead atoms. The van der Waals surface area contributed by atoms with E-state index < -0.39 is 27.9 Å². The number of hydrogen-bond donors (Lipinski definition) is 2. The maximum atomic E-state index is 12.9. The van der Waals surface area contributed by atoms with Crippen molar-refractivity contribution in [3.05, 3.63) is 29.8 Å². The summed E-state index contributed by atoms with van der Waals surface area (Å²) in [4.78, 5) is 23.8. The van der Waals surface area contributed by atoms with Crippen molar-refractivity contribution in [2.45, 2.75) is 69.4 Å². The third-order valence-electron chi connectivity index (χ3n) is 4.89. The van der Waals surface area contributed by atoms with Crippen LogP contribution in [0, 0.1) is 0 Å². The zero-order valence-electron chi connectivity index (χ0n) is 15.8. The molecule has 1 fully saturated rings. The predicted molar refractivity (Wildman–Crippen MR) is 102 cm³/mol. The Morgan fingerprint density at radius 1 is 1.33 bits per heavy atom. The fourth-order valence-corrected chi connectivity index (χ4v) is 5.02. The van der Waals surface area contributed by atoms with E-state index in [0.29, 0.717) is 19.4 Å². The number of aliphatic carboxylic acids is 1. The number of rotatable bonds is 8. The third-order valence-corrected chi connectivity index (χ3v) is 6.90. The largest absolute Gasteiger partial charge is 0.480 e. The first kappa shape index (κ1) is 21.4. The average Bonchev–Trinajstić information content (AvgIpc) is 2.65. The zero-order chi connectivity index (χ0) is 20.0. The van der Waals surface area contributed by atoms with Crippen LogP contribution in [0.15, 0.2) is 29.2 Å². The van der Waals surface area contributed by atoms with Gasteiger partial charge in [0.05, 0.1) is 4.90 Å². The van der Waals surface area contributed by atoms with Crippen LogP contribution in [-0.2, 0) is 14.8 Å². The number of carboxylic acid groups (broad SMARTS) is 1. The fourth-order valence-electron chi connectivity index (χ4n) is 3.27. The third kappa shape index (κ3) is 5.29. The summed E-state index contributed by atoms with van der Waals surface area (Å²) in [6.45, 7) is 4.30. The van der Waals surface area contributed by atoms with Gasteiger partial charge in [0.1, 0.15) is 6.04 Å². The van der Waals surface area contributed by atoms with Gasteiger partial charge in [-0.15, -0.1) is 0 Å². The van der Waals surface area contributed by atoms with Gasteiger partial charge >= 0.3 is 5.97 Å². The van der Waals surface area contributed by atoms with E-state index in [4.69, 9.17) is 0 Å². The number of nitrogens with zero attached hydrogens (tertiary/aromatic N) is 1. The van der Waals surface area contributed by atoms with Crippen LogP contribution in [0.5, 0.6) is 0 Å². The summed E-state index contributed by atoms with van der Waals surface area (Å²) in [5.74, 6) is -1.68. The van der Waals surface area contributed by atoms with Crippen molar-refractivity contribution in [3.8, 4) is 0 Å². The lowest BCUT2D eigenvalue weighted by atomic mass is 10.1. The van der Waals surface area contributed by atoms with Gasteiger partial charge in [0.25, 0.3) is 5.91 Å². The van der Waals surface area contributed by atoms with E-state index in [9.17, 15) is 23.1 Å². The molecule has 150 valence electrons. The topological polar surface area (TPSA) is 104 Å². The number of carbonyl (C=O) groups is 2. The molecule has 2 atom stereocenters. The number of benzene rings is 1. The van der Waals surface area contributed by atoms with E-state index in [1.165, 1.54) is 28.6 Å². The summed E-state index contributed by atoms with van der Waals surface area (Å²) in [6.07, 6.45) is 4.48. The molecule has 1 amide bonds. The first-order valence-corrected chi connectivity index (χ1v) is 10.9. The molecule has 1 aliphatic heterocycles. The minimum Gasteiger partial charge on any atom is -0.480 e. The molecule has 0 aromatic heterocycles. The van der Waals surface area contributed by atoms with Crippen molar-refractivity contribution in [3.63, 3.8) is 0 Å². The van der Waals surface area contributed by atoms with Crippen molar-refractivity contribution in [2.75, 3.05) is 6.54 Å². The van der Waals surface area contributed by atoms with Gasteiger partial charge in [-0.25, -0.2) is 13.2 Å². The van der Waals surface area contributed by atoms with Crippen molar-refractivity contribution >= 4 is 21.9 Å². The monoisotopic (exact) mass is 396 g/mol. The number of piperidine rings is 1. The van der Waals surface area contributed by atoms with Crippen LogP contribution in [0.4, 0.5) is 0 Å². The van der Waals surface area contributed by atoms with Crippen LogP contribution in [0.2, 0.25) is 0 Å². The maximum absolute atomic E-state index is 12.9. The highest BCUT2D eigenvalue weighted by Crippen LogP contribution is 2.25. The van der Waals surface area contributed by atoms with Gasteiger partial charge in [0, 0.05) is 18.2 Å². The molecule has 1 aliphatic rings. The average molecular weight is 397 g/mol. The van der Waals surface area contributed by atoms with Gasteiger partial charge in [0.2, 0.25) is 10.0 Å². The number of sulfonamides is 1. The Hall–Kier alpha value is -1.93. The van der Waals surface area contributed by atoms with Crippen molar-refractivity contribution in [2.24, 2.45) is 0 Å². The Balaban J connectivity index is 2.20. The van der Waals surface area contributed by atoms with Crippen LogP contribution in [0.3, 0.4) is 0 Å². The Morgan fingerprint density at radius 3 is 2.70 bits per heavy atom. The van der Waals surface area contributed by atoms with Crippen molar-refractivity contribution < 1.29 is 23.1 Å². The van der Waals surface area contributed by atoms with Gasteiger partial charge in [0.15, 0.2) is 0 Å². The number of hydrogen-bond acceptors (Lipinski definition) is 4. The van der Waals surface area contributed by atoms with Crippen molar-refractivity contribution in [1.82, 2.24) is 9.62 Å². The fraction of sp³-hybridized carbons (Fsp3) is 0.579. The Labute approximate surface area is 160 Å². The van der Waals surface area contributed by atoms with E-state index in [2.05, 4.69) is 5.32 Å². The standard InChI is InChI=1S/C19H28N2O5S/c1-3-4-11-17(19(23)24)20-18(22)15-9-7-10-16(13-15)27(25,26)21-12-6-5-8-14(21)2/h7,9-10,13-14,17H,3-6,8,11-12H2,1-2H3,(H,20,22)(H,23,24)/t14?,17-/m0/s1. The first-order valence-electron chi connectivity index (χ1n) is 9.43. The van der Waals surface area contributed by atoms with E-state index in [1.54, 1.807) is 0 Å². The summed E-state index contributed by atoms with van der Waals surface area (Å²) in [5.41, 5.74) is 0.142. The van der Waals surface area contributed by atoms with Crippen LogP contribution in [-0.4, -0.2) is 48.3 Å². The number of nitrogens with one attached hydrogen (secondary N) is 1. The van der Waals surface area contributed by atoms with Gasteiger partial charge in [-0.05, 0) is 44.4 Å². The van der Waals surface area contributed by atoms with Gasteiger partial charge in [-0.1, -0.05) is 32.3 Å². The molecule has 1 heterocycles. The summed E-state index contributed by atoms with van der Waals surface area (Å²) < 4.78 is 27.4. The second kappa shape index (κ2) is 9.32. The molecule has 0 radical (unpaired) electrons. The molecule has 8 heteroatoms. The number of amides is 1. The van der Waals surface area contributed by atoms with Gasteiger partial charge < -0.3 is 10.4 Å². The molecule has 0 saturated carbocycles. The van der Waals surface area contributed by atoms with Gasteiger partial charge in [-0.2, -0.15) is 4.31 Å². The molecule has 2 rings (SSSR count). The Morgan fingerprint density at radius 2 is 2.07 bits per heavy atom. The lowest BCUT2D eigenvalue weighted by molar-refractivity contribution is -0.139. The maximum Gasteiger partial charge on any atom is 0.326 e. The van der Waals surface area contributed by atoms with Crippen LogP contribution < -0.4 is 5.32 Å². The molecule has 1 saturated heterocycles. The number of carbonyl (C=O) groups excluding carboxylic acids is 1. The minimum absolute atomic E-state index is 0.0596. The zero-order valence-corrected chi connectivity index (χ0v) is 16.7. The molecular formula is C19H28N2O5S. The smallest absolute Gasteiger partial charge is 0.326 e. The Bertz CT molecular complexity index is 778. The molecule has 1 aromatic carbocycles. The van der Waals surface area contributed by atoms with Crippen LogP contribution >= 0.6 is 0 Å². The van der Waals surface area contributed by atoms with Gasteiger partial charge in [-0.3, -0.25) is 4.79 Å². The normalized spacial score (nSPS) is 19.4. The predicted octanol–water partition coefficient (Wildman–Crippen LogP) is 2.62. The summed E-state index contributed by atoms with van der Waals surface area (Å²) in [5, 5.41) is 11.7. The van der Waals surface area contributed by atoms with E-state index in [1.807, 2.05) is 13.8 Å². The summed E-state index contributed by atoms with van der Waals surface area (Å²) in [7, 11) is -3.69. The molecule has 0 spiro atoms. The molecule has 1 aromatic rings. The molecule has 27 heavy (non-hydrogen) atoms. The highest BCUT2D eigenvalue weighted by molar-refractivity contribution is 7.89. The summed E-state index contributed by atoms with van der Waals surface area (Å²) in [6, 6.07) is 4.74. The molecule has 7 nitrogen and oxygen atoms in total. The second-order valence-corrected chi connectivity index (χ2v) is 8.89. The van der Waals surface area contributed by atoms with E-state index in [-0.39, 0.29) is 16.5 Å². The number of carboxylic acids is 1. The lowest BCUT2D eigenvalue weighted by Crippen LogP contribution is -2.42. The quantitative estimate of drug-likeness (QED) is 0.703. The molecule has 1 unspecified atom stereocenters. The highest BCUT2D eigenvalue weighted by Gasteiger charge is 2.31. The SMILES string of the molecule is CCCC[C@H](NC(=O)c1cccc(S(=O)(=O)N2CCCCC2C)c1)C(=O)O. The molecular weight excluding hydrogens is 368 g/mol. The van der Waals surface area contributed by atoms with Crippen LogP contribution in [0.1, 0.15) is 62.7 Å². The summed E-state index contributed by atoms with van der Waals surface area (Å²) >= 11 is 0. The van der Waals surface area contributed by atoms with E-state index >= 15 is 0 Å². The van der Waals surface area contributed by atoms with E-state index in [0.717, 1.165) is 25.7 Å². The van der Waals surface area contributed by atoms with Crippen molar-refractivity contribution in [1.29, 1.82) is 0 Å². The molecule has 2 N–H and O–H groups in total. The second-order valence-electron chi connectivity index (χ2n) is 6.99. The van der Waals surface area contributed by atoms with Crippen LogP contribution in [0.25, 0.3) is 0 Å². The minimum atomic E-state index is -3.69. The number of unbranched alkanes of at least 4 members (excludes halogenated alkanes) is 1.